The molecule has 0 spiro atoms. The lowest BCUT2D eigenvalue weighted by molar-refractivity contribution is 0.120. The van der Waals surface area contributed by atoms with Gasteiger partial charge in [0.05, 0.1) is 18.0 Å². The molecule has 2 fully saturated rings. The third-order valence-electron chi connectivity index (χ3n) is 5.40. The number of hydrogen-bond donors (Lipinski definition) is 2. The van der Waals surface area contributed by atoms with Gasteiger partial charge in [0.2, 0.25) is 0 Å². The highest BCUT2D eigenvalue weighted by Crippen LogP contribution is 2.61. The Hall–Kier alpha value is -1.93. The van der Waals surface area contributed by atoms with E-state index in [1.54, 1.807) is 11.6 Å². The van der Waals surface area contributed by atoms with Crippen molar-refractivity contribution in [3.63, 3.8) is 0 Å². The van der Waals surface area contributed by atoms with Crippen LogP contribution in [-0.4, -0.2) is 40.6 Å². The van der Waals surface area contributed by atoms with Crippen LogP contribution in [0, 0.1) is 11.8 Å². The van der Waals surface area contributed by atoms with Crippen LogP contribution in [0.2, 0.25) is 0 Å². The van der Waals surface area contributed by atoms with Gasteiger partial charge >= 0.3 is 5.69 Å². The summed E-state index contributed by atoms with van der Waals surface area (Å²) in [6.45, 7) is 0.440. The van der Waals surface area contributed by atoms with E-state index in [4.69, 9.17) is 0 Å². The molecule has 0 amide bonds. The van der Waals surface area contributed by atoms with Crippen molar-refractivity contribution in [3.05, 3.63) is 27.2 Å². The molecule has 118 valence electrons. The largest absolute Gasteiger partial charge is 0.393 e. The Morgan fingerprint density at radius 3 is 2.73 bits per heavy atom. The highest BCUT2D eigenvalue weighted by Gasteiger charge is 2.69. The van der Waals surface area contributed by atoms with Crippen LogP contribution < -0.4 is 11.2 Å². The van der Waals surface area contributed by atoms with Crippen molar-refractivity contribution in [1.82, 2.24) is 18.7 Å². The van der Waals surface area contributed by atoms with Gasteiger partial charge in [-0.05, 0) is 12.8 Å². The molecule has 8 nitrogen and oxygen atoms in total. The molecule has 4 rings (SSSR count). The summed E-state index contributed by atoms with van der Waals surface area (Å²) in [7, 11) is 3.02. The molecule has 2 aliphatic carbocycles. The maximum absolute atomic E-state index is 12.1. The molecule has 2 aliphatic rings. The fourth-order valence-electron chi connectivity index (χ4n) is 4.10. The van der Waals surface area contributed by atoms with Gasteiger partial charge in [-0.25, -0.2) is 9.78 Å². The number of aromatic nitrogens is 4. The van der Waals surface area contributed by atoms with E-state index in [9.17, 15) is 19.8 Å². The molecule has 0 radical (unpaired) electrons. The second-order valence-corrected chi connectivity index (χ2v) is 6.50. The van der Waals surface area contributed by atoms with Crippen molar-refractivity contribution in [3.8, 4) is 0 Å². The van der Waals surface area contributed by atoms with Crippen molar-refractivity contribution in [2.24, 2.45) is 25.9 Å². The SMILES string of the molecule is Cn1c(=O)c2ncn(CC3C4C(O)CCC34O)c2n(C)c1=O. The van der Waals surface area contributed by atoms with Crippen molar-refractivity contribution >= 4 is 11.2 Å². The van der Waals surface area contributed by atoms with Gasteiger partial charge in [-0.15, -0.1) is 0 Å². The first-order valence-electron chi connectivity index (χ1n) is 7.37. The Balaban J connectivity index is 1.79. The summed E-state index contributed by atoms with van der Waals surface area (Å²) in [5.41, 5.74) is -0.950. The number of aliphatic hydroxyl groups is 2. The first-order chi connectivity index (χ1) is 10.4. The lowest BCUT2D eigenvalue weighted by Gasteiger charge is -2.12. The molecule has 2 heterocycles. The van der Waals surface area contributed by atoms with Gasteiger partial charge in [0, 0.05) is 32.5 Å². The number of aryl methyl sites for hydroxylation is 1. The topological polar surface area (TPSA) is 102 Å². The molecule has 2 aromatic heterocycles. The van der Waals surface area contributed by atoms with E-state index < -0.39 is 23.0 Å². The maximum atomic E-state index is 12.1. The van der Waals surface area contributed by atoms with E-state index in [0.29, 0.717) is 25.0 Å². The van der Waals surface area contributed by atoms with Crippen LogP contribution in [0.25, 0.3) is 11.2 Å². The van der Waals surface area contributed by atoms with Gasteiger partial charge in [0.15, 0.2) is 5.52 Å². The van der Waals surface area contributed by atoms with E-state index in [0.717, 1.165) is 4.57 Å². The van der Waals surface area contributed by atoms with Crippen molar-refractivity contribution in [2.75, 3.05) is 0 Å². The molecule has 8 heteroatoms. The molecule has 2 saturated carbocycles. The Kier molecular flexibility index (Phi) is 2.54. The molecule has 0 aromatic carbocycles. The lowest BCUT2D eigenvalue weighted by atomic mass is 10.1. The predicted molar refractivity (Wildman–Crippen MR) is 77.4 cm³/mol. The number of nitrogens with zero attached hydrogens (tertiary/aromatic N) is 4. The summed E-state index contributed by atoms with van der Waals surface area (Å²) in [5, 5.41) is 20.4. The minimum atomic E-state index is -0.811. The van der Waals surface area contributed by atoms with Crippen LogP contribution in [0.4, 0.5) is 0 Å². The van der Waals surface area contributed by atoms with Gasteiger partial charge < -0.3 is 14.8 Å². The predicted octanol–water partition coefficient (Wildman–Crippen LogP) is -1.43. The van der Waals surface area contributed by atoms with Gasteiger partial charge in [0.25, 0.3) is 5.56 Å². The summed E-state index contributed by atoms with van der Waals surface area (Å²) in [6, 6.07) is 0. The first-order valence-corrected chi connectivity index (χ1v) is 7.37. The van der Waals surface area contributed by atoms with E-state index in [-0.39, 0.29) is 17.4 Å². The fraction of sp³-hybridized carbons (Fsp3) is 0.643. The Morgan fingerprint density at radius 2 is 2.09 bits per heavy atom. The van der Waals surface area contributed by atoms with E-state index >= 15 is 0 Å². The third-order valence-corrected chi connectivity index (χ3v) is 5.40. The second kappa shape index (κ2) is 4.08. The molecular formula is C14H18N4O4. The van der Waals surface area contributed by atoms with Gasteiger partial charge in [-0.3, -0.25) is 13.9 Å². The van der Waals surface area contributed by atoms with Gasteiger partial charge in [-0.1, -0.05) is 0 Å². The number of imidazole rings is 1. The third kappa shape index (κ3) is 1.51. The summed E-state index contributed by atoms with van der Waals surface area (Å²) in [6.07, 6.45) is 2.27. The van der Waals surface area contributed by atoms with Crippen LogP contribution in [-0.2, 0) is 20.6 Å². The zero-order valence-corrected chi connectivity index (χ0v) is 12.4. The fourth-order valence-corrected chi connectivity index (χ4v) is 4.10. The highest BCUT2D eigenvalue weighted by atomic mass is 16.3. The van der Waals surface area contributed by atoms with E-state index in [1.165, 1.54) is 17.9 Å². The van der Waals surface area contributed by atoms with Crippen LogP contribution in [0.5, 0.6) is 0 Å². The number of hydrogen-bond acceptors (Lipinski definition) is 5. The molecular weight excluding hydrogens is 288 g/mol. The standard InChI is InChI=1S/C14H18N4O4/c1-16-11-10(12(20)17(2)13(16)21)15-6-18(11)5-7-9-8(19)3-4-14(7,9)22/h6-9,19,22H,3-5H2,1-2H3. The maximum Gasteiger partial charge on any atom is 0.332 e. The quantitative estimate of drug-likeness (QED) is 0.708. The second-order valence-electron chi connectivity index (χ2n) is 6.50. The Morgan fingerprint density at radius 1 is 1.36 bits per heavy atom. The molecule has 0 saturated heterocycles. The van der Waals surface area contributed by atoms with Gasteiger partial charge in [-0.2, -0.15) is 0 Å². The van der Waals surface area contributed by atoms with Crippen LogP contribution in [0.3, 0.4) is 0 Å². The molecule has 4 unspecified atom stereocenters. The van der Waals surface area contributed by atoms with Crippen molar-refractivity contribution < 1.29 is 10.2 Å². The zero-order chi connectivity index (χ0) is 15.8. The summed E-state index contributed by atoms with van der Waals surface area (Å²) in [4.78, 5) is 28.3. The van der Waals surface area contributed by atoms with Crippen molar-refractivity contribution in [2.45, 2.75) is 31.1 Å². The monoisotopic (exact) mass is 306 g/mol. The molecule has 0 aliphatic heterocycles. The van der Waals surface area contributed by atoms with Crippen LogP contribution in [0.15, 0.2) is 15.9 Å². The lowest BCUT2D eigenvalue weighted by Crippen LogP contribution is -2.37. The average molecular weight is 306 g/mol. The van der Waals surface area contributed by atoms with E-state index in [2.05, 4.69) is 4.98 Å². The Labute approximate surface area is 125 Å². The van der Waals surface area contributed by atoms with E-state index in [1.807, 2.05) is 0 Å². The summed E-state index contributed by atoms with van der Waals surface area (Å²) < 4.78 is 4.15. The average Bonchev–Trinajstić information content (AvgIpc) is 2.77. The molecule has 22 heavy (non-hydrogen) atoms. The number of aliphatic hydroxyl groups excluding tert-OH is 1. The molecule has 0 bridgehead atoms. The first kappa shape index (κ1) is 13.7. The Bertz CT molecular complexity index is 895. The van der Waals surface area contributed by atoms with Crippen molar-refractivity contribution in [1.29, 1.82) is 0 Å². The normalized spacial score (nSPS) is 33.4. The number of fused-ring (bicyclic) bond motifs is 2. The highest BCUT2D eigenvalue weighted by molar-refractivity contribution is 5.69. The molecule has 4 atom stereocenters. The molecule has 2 aromatic rings. The smallest absolute Gasteiger partial charge is 0.332 e. The van der Waals surface area contributed by atoms with Gasteiger partial charge in [0.1, 0.15) is 5.65 Å². The zero-order valence-electron chi connectivity index (χ0n) is 12.4. The minimum absolute atomic E-state index is 0.0622. The minimum Gasteiger partial charge on any atom is -0.393 e. The number of rotatable bonds is 2. The van der Waals surface area contributed by atoms with Crippen LogP contribution >= 0.6 is 0 Å². The molecule has 2 N–H and O–H groups in total. The summed E-state index contributed by atoms with van der Waals surface area (Å²) in [5.74, 6) is -0.179. The summed E-state index contributed by atoms with van der Waals surface area (Å²) >= 11 is 0. The van der Waals surface area contributed by atoms with Crippen LogP contribution in [0.1, 0.15) is 12.8 Å².